The van der Waals surface area contributed by atoms with E-state index < -0.39 is 10.0 Å². The van der Waals surface area contributed by atoms with Crippen LogP contribution in [0.4, 0.5) is 5.69 Å². The van der Waals surface area contributed by atoms with Crippen LogP contribution >= 0.6 is 0 Å². The number of carbonyl (C=O) groups excluding carboxylic acids is 1. The molecule has 1 saturated heterocycles. The first-order chi connectivity index (χ1) is 13.9. The van der Waals surface area contributed by atoms with E-state index in [9.17, 15) is 13.2 Å². The van der Waals surface area contributed by atoms with E-state index in [0.717, 1.165) is 28.8 Å². The Morgan fingerprint density at radius 2 is 1.86 bits per heavy atom. The number of fused-ring (bicyclic) bond motifs is 1. The maximum Gasteiger partial charge on any atom is 0.258 e. The lowest BCUT2D eigenvalue weighted by Gasteiger charge is -2.27. The third-order valence-electron chi connectivity index (χ3n) is 5.72. The molecule has 0 N–H and O–H groups in total. The Labute approximate surface area is 172 Å². The van der Waals surface area contributed by atoms with E-state index in [1.54, 1.807) is 23.1 Å². The van der Waals surface area contributed by atoms with Gasteiger partial charge < -0.3 is 9.64 Å². The van der Waals surface area contributed by atoms with Gasteiger partial charge in [0, 0.05) is 25.2 Å². The predicted octanol–water partition coefficient (Wildman–Crippen LogP) is 2.78. The van der Waals surface area contributed by atoms with E-state index in [4.69, 9.17) is 4.74 Å². The van der Waals surface area contributed by atoms with Gasteiger partial charge in [-0.25, -0.2) is 8.42 Å². The van der Waals surface area contributed by atoms with Crippen molar-refractivity contribution in [3.05, 3.63) is 58.7 Å². The SMILES string of the molecule is CCc1ccc(C(=O)N2CCc3cccc(C)c32)cc1S(=O)(=O)N1CCOCC1. The molecule has 1 amide bonds. The Morgan fingerprint density at radius 1 is 1.10 bits per heavy atom. The van der Waals surface area contributed by atoms with Crippen LogP contribution in [-0.2, 0) is 27.6 Å². The van der Waals surface area contributed by atoms with Crippen molar-refractivity contribution in [2.24, 2.45) is 0 Å². The van der Waals surface area contributed by atoms with Crippen LogP contribution in [0.5, 0.6) is 0 Å². The van der Waals surface area contributed by atoms with Gasteiger partial charge in [-0.2, -0.15) is 4.31 Å². The molecule has 0 unspecified atom stereocenters. The molecule has 29 heavy (non-hydrogen) atoms. The molecule has 0 aliphatic carbocycles. The topological polar surface area (TPSA) is 66.9 Å². The predicted molar refractivity (Wildman–Crippen MR) is 112 cm³/mol. The van der Waals surface area contributed by atoms with Gasteiger partial charge >= 0.3 is 0 Å². The van der Waals surface area contributed by atoms with Gasteiger partial charge in [0.25, 0.3) is 5.91 Å². The van der Waals surface area contributed by atoms with Crippen LogP contribution in [0.25, 0.3) is 0 Å². The molecule has 0 atom stereocenters. The number of rotatable bonds is 4. The van der Waals surface area contributed by atoms with Crippen LogP contribution in [-0.4, -0.2) is 51.5 Å². The fourth-order valence-corrected chi connectivity index (χ4v) is 5.88. The molecule has 0 spiro atoms. The second kappa shape index (κ2) is 7.89. The average molecular weight is 415 g/mol. The summed E-state index contributed by atoms with van der Waals surface area (Å²) in [5.74, 6) is -0.154. The van der Waals surface area contributed by atoms with Gasteiger partial charge in [0.15, 0.2) is 0 Å². The Bertz CT molecular complexity index is 1040. The zero-order chi connectivity index (χ0) is 20.6. The normalized spacial score (nSPS) is 17.4. The molecule has 7 heteroatoms. The molecule has 0 bridgehead atoms. The number of morpholine rings is 1. The molecule has 2 aliphatic rings. The van der Waals surface area contributed by atoms with E-state index in [1.807, 2.05) is 32.0 Å². The lowest BCUT2D eigenvalue weighted by molar-refractivity contribution is 0.0730. The smallest absolute Gasteiger partial charge is 0.258 e. The number of nitrogens with zero attached hydrogens (tertiary/aromatic N) is 2. The van der Waals surface area contributed by atoms with Gasteiger partial charge in [0.2, 0.25) is 10.0 Å². The van der Waals surface area contributed by atoms with Crippen LogP contribution in [0.1, 0.15) is 34.0 Å². The third kappa shape index (κ3) is 3.58. The number of para-hydroxylation sites is 1. The Morgan fingerprint density at radius 3 is 2.59 bits per heavy atom. The zero-order valence-electron chi connectivity index (χ0n) is 16.8. The zero-order valence-corrected chi connectivity index (χ0v) is 17.7. The highest BCUT2D eigenvalue weighted by atomic mass is 32.2. The Balaban J connectivity index is 1.72. The first kappa shape index (κ1) is 20.1. The fraction of sp³-hybridized carbons (Fsp3) is 0.409. The van der Waals surface area contributed by atoms with Crippen LogP contribution in [0.2, 0.25) is 0 Å². The summed E-state index contributed by atoms with van der Waals surface area (Å²) in [4.78, 5) is 15.3. The first-order valence-corrected chi connectivity index (χ1v) is 11.5. The molecule has 2 aromatic rings. The van der Waals surface area contributed by atoms with E-state index in [2.05, 4.69) is 0 Å². The number of sulfonamides is 1. The van der Waals surface area contributed by atoms with Gasteiger partial charge in [0.1, 0.15) is 0 Å². The highest BCUT2D eigenvalue weighted by Crippen LogP contribution is 2.33. The molecular formula is C22H26N2O4S. The average Bonchev–Trinajstić information content (AvgIpc) is 3.19. The Hall–Kier alpha value is -2.22. The van der Waals surface area contributed by atoms with Crippen molar-refractivity contribution in [3.8, 4) is 0 Å². The first-order valence-electron chi connectivity index (χ1n) is 10.0. The standard InChI is InChI=1S/C22H26N2O4S/c1-3-17-7-8-19(15-20(17)29(26,27)23-11-13-28-14-12-23)22(25)24-10-9-18-6-4-5-16(2)21(18)24/h4-8,15H,3,9-14H2,1-2H3. The number of amides is 1. The fourth-order valence-electron chi connectivity index (χ4n) is 4.16. The molecule has 2 heterocycles. The molecule has 0 radical (unpaired) electrons. The van der Waals surface area contributed by atoms with Gasteiger partial charge in [-0.05, 0) is 48.6 Å². The summed E-state index contributed by atoms with van der Waals surface area (Å²) in [6, 6.07) is 11.1. The largest absolute Gasteiger partial charge is 0.379 e. The maximum atomic E-state index is 13.3. The van der Waals surface area contributed by atoms with Crippen LogP contribution in [0, 0.1) is 6.92 Å². The van der Waals surface area contributed by atoms with Crippen LogP contribution in [0.3, 0.4) is 0 Å². The van der Waals surface area contributed by atoms with E-state index in [1.165, 1.54) is 4.31 Å². The monoisotopic (exact) mass is 414 g/mol. The number of ether oxygens (including phenoxy) is 1. The molecular weight excluding hydrogens is 388 g/mol. The Kier molecular flexibility index (Phi) is 5.46. The van der Waals surface area contributed by atoms with Crippen molar-refractivity contribution in [2.45, 2.75) is 31.6 Å². The summed E-state index contributed by atoms with van der Waals surface area (Å²) in [6.45, 7) is 5.99. The minimum absolute atomic E-state index is 0.154. The van der Waals surface area contributed by atoms with Crippen molar-refractivity contribution >= 4 is 21.6 Å². The summed E-state index contributed by atoms with van der Waals surface area (Å²) in [7, 11) is -3.67. The molecule has 1 fully saturated rings. The van der Waals surface area contributed by atoms with Gasteiger partial charge in [0.05, 0.1) is 23.8 Å². The van der Waals surface area contributed by atoms with Crippen molar-refractivity contribution < 1.29 is 17.9 Å². The minimum Gasteiger partial charge on any atom is -0.379 e. The van der Waals surface area contributed by atoms with E-state index in [-0.39, 0.29) is 10.8 Å². The molecule has 2 aliphatic heterocycles. The summed E-state index contributed by atoms with van der Waals surface area (Å²) in [6.07, 6.45) is 1.40. The van der Waals surface area contributed by atoms with Crippen molar-refractivity contribution in [1.82, 2.24) is 4.31 Å². The highest BCUT2D eigenvalue weighted by molar-refractivity contribution is 7.89. The van der Waals surface area contributed by atoms with Gasteiger partial charge in [-0.1, -0.05) is 31.2 Å². The summed E-state index contributed by atoms with van der Waals surface area (Å²) >= 11 is 0. The van der Waals surface area contributed by atoms with Crippen molar-refractivity contribution in [2.75, 3.05) is 37.7 Å². The van der Waals surface area contributed by atoms with Crippen molar-refractivity contribution in [1.29, 1.82) is 0 Å². The minimum atomic E-state index is -3.67. The number of benzene rings is 2. The summed E-state index contributed by atoms with van der Waals surface area (Å²) in [5.41, 5.74) is 4.30. The number of carbonyl (C=O) groups is 1. The quantitative estimate of drug-likeness (QED) is 0.772. The number of hydrogen-bond donors (Lipinski definition) is 0. The summed E-state index contributed by atoms with van der Waals surface area (Å²) < 4.78 is 33.3. The molecule has 0 aromatic heterocycles. The molecule has 0 saturated carbocycles. The third-order valence-corrected chi connectivity index (χ3v) is 7.70. The molecule has 4 rings (SSSR count). The number of aryl methyl sites for hydroxylation is 2. The lowest BCUT2D eigenvalue weighted by atomic mass is 10.1. The van der Waals surface area contributed by atoms with Crippen LogP contribution in [0.15, 0.2) is 41.3 Å². The van der Waals surface area contributed by atoms with Crippen molar-refractivity contribution in [3.63, 3.8) is 0 Å². The van der Waals surface area contributed by atoms with Crippen LogP contribution < -0.4 is 4.90 Å². The van der Waals surface area contributed by atoms with Gasteiger partial charge in [-0.15, -0.1) is 0 Å². The lowest BCUT2D eigenvalue weighted by Crippen LogP contribution is -2.41. The maximum absolute atomic E-state index is 13.3. The van der Waals surface area contributed by atoms with E-state index >= 15 is 0 Å². The highest BCUT2D eigenvalue weighted by Gasteiger charge is 2.31. The second-order valence-electron chi connectivity index (χ2n) is 7.48. The van der Waals surface area contributed by atoms with Gasteiger partial charge in [-0.3, -0.25) is 4.79 Å². The molecule has 2 aromatic carbocycles. The second-order valence-corrected chi connectivity index (χ2v) is 9.39. The molecule has 154 valence electrons. The number of hydrogen-bond acceptors (Lipinski definition) is 4. The molecule has 6 nitrogen and oxygen atoms in total. The van der Waals surface area contributed by atoms with E-state index in [0.29, 0.717) is 44.8 Å². The summed E-state index contributed by atoms with van der Waals surface area (Å²) in [5, 5.41) is 0. The number of anilines is 1.